The molecule has 0 spiro atoms. The average molecular weight is 473 g/mol. The summed E-state index contributed by atoms with van der Waals surface area (Å²) in [5.74, 6) is 0.832. The van der Waals surface area contributed by atoms with Crippen LogP contribution in [0.2, 0.25) is 0 Å². The van der Waals surface area contributed by atoms with Gasteiger partial charge in [-0.3, -0.25) is 9.25 Å². The fourth-order valence-electron chi connectivity index (χ4n) is 4.55. The van der Waals surface area contributed by atoms with Crippen LogP contribution >= 0.6 is 24.8 Å². The van der Waals surface area contributed by atoms with Crippen molar-refractivity contribution in [2.45, 2.75) is 32.2 Å². The minimum atomic E-state index is 0. The Balaban J connectivity index is 0.00000144. The van der Waals surface area contributed by atoms with E-state index in [1.807, 2.05) is 10.8 Å². The molecule has 0 unspecified atom stereocenters. The maximum atomic E-state index is 4.62. The second kappa shape index (κ2) is 11.5. The summed E-state index contributed by atoms with van der Waals surface area (Å²) in [6.07, 6.45) is 10.4. The fourth-order valence-corrected chi connectivity index (χ4v) is 4.55. The Morgan fingerprint density at radius 1 is 0.875 bits per heavy atom. The van der Waals surface area contributed by atoms with Crippen LogP contribution in [0.1, 0.15) is 24.8 Å². The summed E-state index contributed by atoms with van der Waals surface area (Å²) < 4.78 is 4.05. The van der Waals surface area contributed by atoms with Crippen LogP contribution in [-0.2, 0) is 13.0 Å². The number of hydrogen-bond acceptors (Lipinski definition) is 4. The van der Waals surface area contributed by atoms with Gasteiger partial charge in [-0.1, -0.05) is 30.3 Å². The van der Waals surface area contributed by atoms with Gasteiger partial charge in [-0.05, 0) is 75.0 Å². The average Bonchev–Trinajstić information content (AvgIpc) is 3.46. The molecular formula is C24H30Cl2N6. The topological polar surface area (TPSA) is 51.8 Å². The largest absolute Gasteiger partial charge is 0.303 e. The van der Waals surface area contributed by atoms with Gasteiger partial charge in [0, 0.05) is 17.6 Å². The van der Waals surface area contributed by atoms with Crippen LogP contribution in [0, 0.1) is 5.92 Å². The molecule has 0 saturated carbocycles. The highest BCUT2D eigenvalue weighted by Crippen LogP contribution is 2.22. The molecule has 2 aromatic carbocycles. The van der Waals surface area contributed by atoms with Crippen LogP contribution in [0.4, 0.5) is 0 Å². The van der Waals surface area contributed by atoms with Gasteiger partial charge in [0.2, 0.25) is 0 Å². The Hall–Kier alpha value is -2.41. The third kappa shape index (κ3) is 5.68. The summed E-state index contributed by atoms with van der Waals surface area (Å²) in [6, 6.07) is 17.3. The lowest BCUT2D eigenvalue weighted by Gasteiger charge is -2.32. The van der Waals surface area contributed by atoms with Crippen molar-refractivity contribution >= 4 is 35.7 Å². The Kier molecular flexibility index (Phi) is 8.67. The molecule has 32 heavy (non-hydrogen) atoms. The maximum absolute atomic E-state index is 4.62. The van der Waals surface area contributed by atoms with Crippen LogP contribution in [0.15, 0.2) is 67.4 Å². The van der Waals surface area contributed by atoms with Crippen molar-refractivity contribution in [3.05, 3.63) is 72.9 Å². The van der Waals surface area contributed by atoms with Crippen molar-refractivity contribution < 1.29 is 0 Å². The predicted octanol–water partition coefficient (Wildman–Crippen LogP) is 4.81. The zero-order valence-electron chi connectivity index (χ0n) is 18.1. The molecule has 2 aromatic heterocycles. The van der Waals surface area contributed by atoms with Gasteiger partial charge in [-0.25, -0.2) is 0 Å². The van der Waals surface area contributed by atoms with Gasteiger partial charge in [-0.15, -0.1) is 35.0 Å². The van der Waals surface area contributed by atoms with Gasteiger partial charge in [0.25, 0.3) is 0 Å². The lowest BCUT2D eigenvalue weighted by molar-refractivity contribution is 0.179. The third-order valence-corrected chi connectivity index (χ3v) is 6.26. The molecule has 4 aromatic rings. The highest BCUT2D eigenvalue weighted by Gasteiger charge is 2.19. The third-order valence-electron chi connectivity index (χ3n) is 6.26. The van der Waals surface area contributed by atoms with Crippen LogP contribution < -0.4 is 0 Å². The molecule has 0 bridgehead atoms. The Bertz CT molecular complexity index is 1070. The molecule has 5 rings (SSSR count). The molecule has 8 heteroatoms. The van der Waals surface area contributed by atoms with Crippen molar-refractivity contribution in [3.63, 3.8) is 0 Å². The number of likely N-dealkylation sites (tertiary alicyclic amines) is 1. The van der Waals surface area contributed by atoms with Gasteiger partial charge in [0.05, 0.1) is 11.7 Å². The Morgan fingerprint density at radius 3 is 2.38 bits per heavy atom. The minimum Gasteiger partial charge on any atom is -0.303 e. The number of piperidine rings is 1. The first-order valence-corrected chi connectivity index (χ1v) is 10.9. The molecule has 1 aliphatic rings. The Labute approximate surface area is 201 Å². The highest BCUT2D eigenvalue weighted by molar-refractivity contribution is 5.85. The van der Waals surface area contributed by atoms with Crippen LogP contribution in [-0.4, -0.2) is 49.1 Å². The molecular weight excluding hydrogens is 443 g/mol. The first-order valence-electron chi connectivity index (χ1n) is 10.9. The van der Waals surface area contributed by atoms with E-state index in [-0.39, 0.29) is 24.8 Å². The minimum absolute atomic E-state index is 0. The molecule has 170 valence electrons. The van der Waals surface area contributed by atoms with Gasteiger partial charge in [0.15, 0.2) is 0 Å². The van der Waals surface area contributed by atoms with Crippen molar-refractivity contribution in [2.75, 3.05) is 19.6 Å². The van der Waals surface area contributed by atoms with E-state index < -0.39 is 0 Å². The quantitative estimate of drug-likeness (QED) is 0.387. The van der Waals surface area contributed by atoms with E-state index in [1.165, 1.54) is 43.4 Å². The second-order valence-corrected chi connectivity index (χ2v) is 8.31. The number of rotatable bonds is 7. The van der Waals surface area contributed by atoms with Gasteiger partial charge < -0.3 is 4.90 Å². The molecule has 0 radical (unpaired) electrons. The zero-order valence-corrected chi connectivity index (χ0v) is 19.7. The summed E-state index contributed by atoms with van der Waals surface area (Å²) >= 11 is 0. The summed E-state index contributed by atoms with van der Waals surface area (Å²) in [7, 11) is 0. The maximum Gasteiger partial charge on any atom is 0.123 e. The number of halogens is 2. The molecule has 0 aliphatic carbocycles. The van der Waals surface area contributed by atoms with E-state index in [2.05, 4.69) is 73.4 Å². The van der Waals surface area contributed by atoms with E-state index in [9.17, 15) is 0 Å². The number of benzene rings is 2. The second-order valence-electron chi connectivity index (χ2n) is 8.31. The summed E-state index contributed by atoms with van der Waals surface area (Å²) in [4.78, 5) is 2.62. The summed E-state index contributed by atoms with van der Waals surface area (Å²) in [6.45, 7) is 4.55. The SMILES string of the molecule is Cl.Cl.c1ccc(CC2CCN(CCCn3ncc4cc(-n5cnnc5)ccc43)CC2)cc1. The van der Waals surface area contributed by atoms with E-state index in [4.69, 9.17) is 0 Å². The van der Waals surface area contributed by atoms with Crippen LogP contribution in [0.5, 0.6) is 0 Å². The van der Waals surface area contributed by atoms with Crippen LogP contribution in [0.25, 0.3) is 16.6 Å². The highest BCUT2D eigenvalue weighted by atomic mass is 35.5. The number of aryl methyl sites for hydroxylation is 1. The van der Waals surface area contributed by atoms with Crippen LogP contribution in [0.3, 0.4) is 0 Å². The van der Waals surface area contributed by atoms with Gasteiger partial charge in [-0.2, -0.15) is 5.10 Å². The molecule has 1 saturated heterocycles. The standard InChI is InChI=1S/C24H28N6.2ClH/c1-2-5-20(6-3-1)15-21-9-13-28(14-10-21)11-4-12-30-24-8-7-23(16-22(24)17-27-30)29-18-25-26-19-29;;/h1-3,5-8,16-19,21H,4,9-15H2;2*1H. The van der Waals surface area contributed by atoms with E-state index in [0.29, 0.717) is 0 Å². The molecule has 0 amide bonds. The number of hydrogen-bond donors (Lipinski definition) is 0. The monoisotopic (exact) mass is 472 g/mol. The fraction of sp³-hybridized carbons (Fsp3) is 0.375. The molecule has 1 fully saturated rings. The molecule has 0 atom stereocenters. The van der Waals surface area contributed by atoms with Gasteiger partial charge >= 0.3 is 0 Å². The first-order chi connectivity index (χ1) is 14.8. The summed E-state index contributed by atoms with van der Waals surface area (Å²) in [5, 5.41) is 13.5. The van der Waals surface area contributed by atoms with Gasteiger partial charge in [0.1, 0.15) is 12.7 Å². The normalized spacial score (nSPS) is 14.8. The molecule has 0 N–H and O–H groups in total. The molecule has 6 nitrogen and oxygen atoms in total. The lowest BCUT2D eigenvalue weighted by Crippen LogP contribution is -2.35. The van der Waals surface area contributed by atoms with Crippen molar-refractivity contribution in [3.8, 4) is 5.69 Å². The predicted molar refractivity (Wildman–Crippen MR) is 133 cm³/mol. The van der Waals surface area contributed by atoms with Crippen molar-refractivity contribution in [2.24, 2.45) is 5.92 Å². The Morgan fingerprint density at radius 2 is 1.62 bits per heavy atom. The van der Waals surface area contributed by atoms with Crippen molar-refractivity contribution in [1.29, 1.82) is 0 Å². The first kappa shape index (κ1) is 24.2. The summed E-state index contributed by atoms with van der Waals surface area (Å²) in [5.41, 5.74) is 3.73. The van der Waals surface area contributed by atoms with E-state index in [0.717, 1.165) is 36.5 Å². The smallest absolute Gasteiger partial charge is 0.123 e. The number of aromatic nitrogens is 5. The van der Waals surface area contributed by atoms with Crippen molar-refractivity contribution in [1.82, 2.24) is 29.4 Å². The van der Waals surface area contributed by atoms with E-state index in [1.54, 1.807) is 12.7 Å². The number of nitrogens with zero attached hydrogens (tertiary/aromatic N) is 6. The lowest BCUT2D eigenvalue weighted by atomic mass is 9.90. The molecule has 1 aliphatic heterocycles. The van der Waals surface area contributed by atoms with E-state index >= 15 is 0 Å². The molecule has 3 heterocycles. The zero-order chi connectivity index (χ0) is 20.2. The number of fused-ring (bicyclic) bond motifs is 1.